The molecule has 0 bridgehead atoms. The molecule has 0 aromatic carbocycles. The minimum Gasteiger partial charge on any atom is -0.368 e. The Morgan fingerprint density at radius 2 is 2.23 bits per heavy atom. The Kier molecular flexibility index (Phi) is 5.15. The second-order valence-corrected chi connectivity index (χ2v) is 4.42. The van der Waals surface area contributed by atoms with Crippen molar-refractivity contribution in [2.24, 2.45) is 5.73 Å². The molecule has 0 radical (unpaired) electrons. The lowest BCUT2D eigenvalue weighted by Crippen LogP contribution is -2.31. The van der Waals surface area contributed by atoms with Gasteiger partial charge in [-0.2, -0.15) is 4.98 Å². The number of nitrogens with zero attached hydrogens (tertiary/aromatic N) is 3. The van der Waals surface area contributed by atoms with Gasteiger partial charge in [0.25, 0.3) is 0 Å². The van der Waals surface area contributed by atoms with E-state index in [1.807, 2.05) is 0 Å². The highest BCUT2D eigenvalue weighted by molar-refractivity contribution is 5.79. The average Bonchev–Trinajstić information content (AvgIpc) is 2.97. The monoisotopic (exact) mass is 305 g/mol. The first-order chi connectivity index (χ1) is 10.6. The summed E-state index contributed by atoms with van der Waals surface area (Å²) >= 11 is 0. The van der Waals surface area contributed by atoms with E-state index in [9.17, 15) is 9.59 Å². The Labute approximate surface area is 125 Å². The Morgan fingerprint density at radius 1 is 1.41 bits per heavy atom. The van der Waals surface area contributed by atoms with Crippen LogP contribution < -0.4 is 11.1 Å². The molecule has 9 heteroatoms. The molecule has 0 saturated heterocycles. The van der Waals surface area contributed by atoms with Gasteiger partial charge in [0.2, 0.25) is 23.5 Å². The van der Waals surface area contributed by atoms with Crippen molar-refractivity contribution >= 4 is 11.8 Å². The van der Waals surface area contributed by atoms with Gasteiger partial charge in [0, 0.05) is 6.20 Å². The van der Waals surface area contributed by atoms with Crippen LogP contribution >= 0.6 is 0 Å². The number of pyridine rings is 1. The van der Waals surface area contributed by atoms with Gasteiger partial charge in [-0.25, -0.2) is 0 Å². The van der Waals surface area contributed by atoms with Crippen LogP contribution in [0.15, 0.2) is 28.9 Å². The van der Waals surface area contributed by atoms with Gasteiger partial charge in [0.05, 0.1) is 0 Å². The Balaban J connectivity index is 1.90. The zero-order valence-corrected chi connectivity index (χ0v) is 11.9. The summed E-state index contributed by atoms with van der Waals surface area (Å²) in [5.74, 6) is -0.491. The number of rotatable bonds is 7. The highest BCUT2D eigenvalue weighted by Crippen LogP contribution is 2.16. The van der Waals surface area contributed by atoms with Gasteiger partial charge in [0.1, 0.15) is 24.9 Å². The molecule has 1 atom stereocenters. The molecule has 0 fully saturated rings. The van der Waals surface area contributed by atoms with Gasteiger partial charge in [-0.1, -0.05) is 11.2 Å². The molecule has 0 unspecified atom stereocenters. The van der Waals surface area contributed by atoms with Crippen LogP contribution in [-0.4, -0.2) is 40.2 Å². The lowest BCUT2D eigenvalue weighted by molar-refractivity contribution is -0.130. The Morgan fingerprint density at radius 3 is 2.91 bits per heavy atom. The number of aromatic nitrogens is 3. The molecule has 22 heavy (non-hydrogen) atoms. The molecular weight excluding hydrogens is 290 g/mol. The fourth-order valence-corrected chi connectivity index (χ4v) is 1.60. The van der Waals surface area contributed by atoms with Gasteiger partial charge >= 0.3 is 0 Å². The Bertz CT molecular complexity index is 643. The van der Waals surface area contributed by atoms with Crippen molar-refractivity contribution in [1.29, 1.82) is 0 Å². The summed E-state index contributed by atoms with van der Waals surface area (Å²) in [6.07, 6.45) is 1.62. The predicted molar refractivity (Wildman–Crippen MR) is 74.1 cm³/mol. The number of nitrogens with two attached hydrogens (primary N) is 1. The molecule has 0 saturated carbocycles. The maximum absolute atomic E-state index is 11.6. The molecule has 2 rings (SSSR count). The van der Waals surface area contributed by atoms with Crippen LogP contribution in [0, 0.1) is 0 Å². The third-order valence-corrected chi connectivity index (χ3v) is 2.56. The lowest BCUT2D eigenvalue weighted by atomic mass is 10.3. The predicted octanol–water partition coefficient (Wildman–Crippen LogP) is -0.189. The third-order valence-electron chi connectivity index (χ3n) is 2.56. The van der Waals surface area contributed by atoms with Crippen LogP contribution in [0.2, 0.25) is 0 Å². The van der Waals surface area contributed by atoms with Crippen molar-refractivity contribution in [1.82, 2.24) is 20.4 Å². The fourth-order valence-electron chi connectivity index (χ4n) is 1.60. The quantitative estimate of drug-likeness (QED) is 0.724. The van der Waals surface area contributed by atoms with E-state index in [2.05, 4.69) is 20.4 Å². The van der Waals surface area contributed by atoms with E-state index in [0.717, 1.165) is 0 Å². The van der Waals surface area contributed by atoms with Crippen LogP contribution in [0.3, 0.4) is 0 Å². The van der Waals surface area contributed by atoms with E-state index in [1.54, 1.807) is 31.3 Å². The molecule has 116 valence electrons. The fraction of sp³-hybridized carbons (Fsp3) is 0.308. The summed E-state index contributed by atoms with van der Waals surface area (Å²) in [5.41, 5.74) is 5.46. The molecule has 0 spiro atoms. The van der Waals surface area contributed by atoms with Crippen LogP contribution in [0.4, 0.5) is 0 Å². The minimum atomic E-state index is -0.641. The van der Waals surface area contributed by atoms with Gasteiger partial charge < -0.3 is 20.3 Å². The summed E-state index contributed by atoms with van der Waals surface area (Å²) in [4.78, 5) is 30.4. The molecular formula is C13H15N5O4. The SMILES string of the molecule is C[C@@H](NC(=O)COCC(N)=O)c1nc(-c2ccccn2)no1. The van der Waals surface area contributed by atoms with E-state index < -0.39 is 17.9 Å². The van der Waals surface area contributed by atoms with Crippen molar-refractivity contribution in [2.45, 2.75) is 13.0 Å². The van der Waals surface area contributed by atoms with Crippen molar-refractivity contribution in [2.75, 3.05) is 13.2 Å². The van der Waals surface area contributed by atoms with Gasteiger partial charge in [-0.05, 0) is 19.1 Å². The van der Waals surface area contributed by atoms with Crippen LogP contribution in [-0.2, 0) is 14.3 Å². The first kappa shape index (κ1) is 15.6. The topological polar surface area (TPSA) is 133 Å². The highest BCUT2D eigenvalue weighted by atomic mass is 16.5. The van der Waals surface area contributed by atoms with Crippen molar-refractivity contribution in [3.63, 3.8) is 0 Å². The van der Waals surface area contributed by atoms with Crippen molar-refractivity contribution in [3.05, 3.63) is 30.3 Å². The standard InChI is InChI=1S/C13H15N5O4/c1-8(16-11(20)7-21-6-10(14)19)13-17-12(18-22-13)9-4-2-3-5-15-9/h2-5,8H,6-7H2,1H3,(H2,14,19)(H,16,20)/t8-/m1/s1. The average molecular weight is 305 g/mol. The van der Waals surface area contributed by atoms with Crippen LogP contribution in [0.25, 0.3) is 11.5 Å². The maximum Gasteiger partial charge on any atom is 0.249 e. The van der Waals surface area contributed by atoms with Gasteiger partial charge in [-0.15, -0.1) is 0 Å². The van der Waals surface area contributed by atoms with Crippen molar-refractivity contribution in [3.8, 4) is 11.5 Å². The third kappa shape index (κ3) is 4.35. The van der Waals surface area contributed by atoms with E-state index in [0.29, 0.717) is 11.5 Å². The zero-order chi connectivity index (χ0) is 15.9. The molecule has 9 nitrogen and oxygen atoms in total. The van der Waals surface area contributed by atoms with Crippen LogP contribution in [0.1, 0.15) is 18.9 Å². The van der Waals surface area contributed by atoms with Crippen LogP contribution in [0.5, 0.6) is 0 Å². The number of carbonyl (C=O) groups excluding carboxylic acids is 2. The maximum atomic E-state index is 11.6. The molecule has 2 amide bonds. The van der Waals surface area contributed by atoms with E-state index >= 15 is 0 Å². The number of nitrogens with one attached hydrogen (secondary N) is 1. The van der Waals surface area contributed by atoms with Gasteiger partial charge in [0.15, 0.2) is 0 Å². The molecule has 0 aliphatic heterocycles. The van der Waals surface area contributed by atoms with E-state index in [-0.39, 0.29) is 19.1 Å². The smallest absolute Gasteiger partial charge is 0.249 e. The molecule has 0 aliphatic carbocycles. The van der Waals surface area contributed by atoms with Gasteiger partial charge in [-0.3, -0.25) is 14.6 Å². The molecule has 2 heterocycles. The zero-order valence-electron chi connectivity index (χ0n) is 11.9. The summed E-state index contributed by atoms with van der Waals surface area (Å²) in [7, 11) is 0. The number of ether oxygens (including phenoxy) is 1. The summed E-state index contributed by atoms with van der Waals surface area (Å²) in [5, 5.41) is 6.41. The largest absolute Gasteiger partial charge is 0.368 e. The summed E-state index contributed by atoms with van der Waals surface area (Å²) < 4.78 is 9.90. The molecule has 0 aliphatic rings. The molecule has 3 N–H and O–H groups in total. The normalized spacial score (nSPS) is 11.9. The Hall–Kier alpha value is -2.81. The molecule has 2 aromatic heterocycles. The van der Waals surface area contributed by atoms with Crippen molar-refractivity contribution < 1.29 is 18.8 Å². The lowest BCUT2D eigenvalue weighted by Gasteiger charge is -2.09. The first-order valence-corrected chi connectivity index (χ1v) is 6.46. The second-order valence-electron chi connectivity index (χ2n) is 4.42. The summed E-state index contributed by atoms with van der Waals surface area (Å²) in [6.45, 7) is 1.09. The minimum absolute atomic E-state index is 0.240. The number of carbonyl (C=O) groups is 2. The number of hydrogen-bond donors (Lipinski definition) is 2. The summed E-state index contributed by atoms with van der Waals surface area (Å²) in [6, 6.07) is 4.82. The van der Waals surface area contributed by atoms with E-state index in [1.165, 1.54) is 0 Å². The number of primary amides is 1. The first-order valence-electron chi connectivity index (χ1n) is 6.46. The highest BCUT2D eigenvalue weighted by Gasteiger charge is 2.17. The molecule has 2 aromatic rings. The number of amides is 2. The number of hydrogen-bond acceptors (Lipinski definition) is 7. The second kappa shape index (κ2) is 7.27. The van der Waals surface area contributed by atoms with E-state index in [4.69, 9.17) is 15.0 Å².